The standard InChI is InChI=1S/C25H22N4O2/c1-30-21-12-8-18(9-13-21)17-26-29-25-27-23(19-6-4-3-5-7-19)16-24(28-25)20-10-14-22(31-2)15-11-20/h3-17H,1-2H3,(H,27,28,29)/b26-17-. The zero-order valence-electron chi connectivity index (χ0n) is 17.3. The highest BCUT2D eigenvalue weighted by Gasteiger charge is 2.09. The van der Waals surface area contributed by atoms with Gasteiger partial charge in [-0.15, -0.1) is 0 Å². The van der Waals surface area contributed by atoms with E-state index in [1.165, 1.54) is 0 Å². The van der Waals surface area contributed by atoms with Gasteiger partial charge in [-0.25, -0.2) is 15.4 Å². The Labute approximate surface area is 181 Å². The van der Waals surface area contributed by atoms with E-state index in [-0.39, 0.29) is 0 Å². The van der Waals surface area contributed by atoms with E-state index in [2.05, 4.69) is 20.5 Å². The van der Waals surface area contributed by atoms with Gasteiger partial charge in [0.2, 0.25) is 5.95 Å². The molecule has 0 aliphatic rings. The van der Waals surface area contributed by atoms with Crippen molar-refractivity contribution in [2.24, 2.45) is 5.10 Å². The number of benzene rings is 3. The van der Waals surface area contributed by atoms with Crippen LogP contribution in [0.3, 0.4) is 0 Å². The fourth-order valence-electron chi connectivity index (χ4n) is 3.02. The lowest BCUT2D eigenvalue weighted by atomic mass is 10.1. The van der Waals surface area contributed by atoms with Gasteiger partial charge in [0.15, 0.2) is 0 Å². The Morgan fingerprint density at radius 1 is 0.710 bits per heavy atom. The average molecular weight is 410 g/mol. The van der Waals surface area contributed by atoms with Crippen LogP contribution in [-0.2, 0) is 0 Å². The van der Waals surface area contributed by atoms with Gasteiger partial charge in [0.1, 0.15) is 11.5 Å². The van der Waals surface area contributed by atoms with Crippen molar-refractivity contribution in [3.8, 4) is 34.0 Å². The highest BCUT2D eigenvalue weighted by Crippen LogP contribution is 2.26. The Kier molecular flexibility index (Phi) is 6.18. The molecule has 0 saturated heterocycles. The number of ether oxygens (including phenoxy) is 2. The van der Waals surface area contributed by atoms with Crippen LogP contribution in [0.15, 0.2) is 90.0 Å². The first-order valence-corrected chi connectivity index (χ1v) is 9.77. The smallest absolute Gasteiger partial charge is 0.244 e. The highest BCUT2D eigenvalue weighted by atomic mass is 16.5. The maximum Gasteiger partial charge on any atom is 0.244 e. The number of anilines is 1. The summed E-state index contributed by atoms with van der Waals surface area (Å²) in [5.74, 6) is 2.01. The molecule has 0 saturated carbocycles. The number of hydrogen-bond acceptors (Lipinski definition) is 6. The van der Waals surface area contributed by atoms with Gasteiger partial charge >= 0.3 is 0 Å². The van der Waals surface area contributed by atoms with Gasteiger partial charge in [-0.2, -0.15) is 5.10 Å². The molecule has 0 amide bonds. The van der Waals surface area contributed by atoms with Crippen LogP contribution in [-0.4, -0.2) is 30.4 Å². The van der Waals surface area contributed by atoms with Gasteiger partial charge in [0.25, 0.3) is 0 Å². The summed E-state index contributed by atoms with van der Waals surface area (Å²) < 4.78 is 10.4. The molecule has 0 aliphatic heterocycles. The van der Waals surface area contributed by atoms with E-state index in [0.29, 0.717) is 5.95 Å². The van der Waals surface area contributed by atoms with Crippen molar-refractivity contribution in [2.75, 3.05) is 19.6 Å². The van der Waals surface area contributed by atoms with Crippen molar-refractivity contribution in [1.82, 2.24) is 9.97 Å². The minimum atomic E-state index is 0.414. The molecule has 6 heteroatoms. The number of aromatic nitrogens is 2. The number of nitrogens with zero attached hydrogens (tertiary/aromatic N) is 3. The van der Waals surface area contributed by atoms with Gasteiger partial charge in [-0.1, -0.05) is 30.3 Å². The van der Waals surface area contributed by atoms with E-state index < -0.39 is 0 Å². The summed E-state index contributed by atoms with van der Waals surface area (Å²) in [5.41, 5.74) is 7.45. The summed E-state index contributed by atoms with van der Waals surface area (Å²) in [5, 5.41) is 4.30. The first-order chi connectivity index (χ1) is 15.2. The van der Waals surface area contributed by atoms with Crippen LogP contribution in [0.4, 0.5) is 5.95 Å². The van der Waals surface area contributed by atoms with E-state index in [1.54, 1.807) is 20.4 Å². The molecule has 1 aromatic heterocycles. The van der Waals surface area contributed by atoms with E-state index in [1.807, 2.05) is 84.9 Å². The predicted octanol–water partition coefficient (Wildman–Crippen LogP) is 5.27. The molecule has 0 spiro atoms. The maximum absolute atomic E-state index is 5.26. The van der Waals surface area contributed by atoms with Gasteiger partial charge in [0, 0.05) is 11.1 Å². The molecule has 4 rings (SSSR count). The second-order valence-corrected chi connectivity index (χ2v) is 6.70. The number of nitrogens with one attached hydrogen (secondary N) is 1. The molecule has 0 aliphatic carbocycles. The van der Waals surface area contributed by atoms with E-state index in [4.69, 9.17) is 9.47 Å². The molecule has 0 fully saturated rings. The molecule has 0 atom stereocenters. The molecule has 0 bridgehead atoms. The van der Waals surface area contributed by atoms with Crippen LogP contribution in [0, 0.1) is 0 Å². The molecule has 3 aromatic carbocycles. The third-order valence-corrected chi connectivity index (χ3v) is 4.68. The second-order valence-electron chi connectivity index (χ2n) is 6.70. The molecule has 0 radical (unpaired) electrons. The lowest BCUT2D eigenvalue weighted by Gasteiger charge is -2.09. The van der Waals surface area contributed by atoms with Crippen LogP contribution in [0.25, 0.3) is 22.5 Å². The van der Waals surface area contributed by atoms with Crippen LogP contribution in [0.2, 0.25) is 0 Å². The molecule has 1 heterocycles. The molecule has 0 unspecified atom stereocenters. The normalized spacial score (nSPS) is 10.8. The molecular weight excluding hydrogens is 388 g/mol. The Morgan fingerprint density at radius 3 is 1.84 bits per heavy atom. The van der Waals surface area contributed by atoms with Crippen molar-refractivity contribution < 1.29 is 9.47 Å². The van der Waals surface area contributed by atoms with Crippen LogP contribution < -0.4 is 14.9 Å². The molecule has 1 N–H and O–H groups in total. The Bertz CT molecular complexity index is 1160. The topological polar surface area (TPSA) is 68.6 Å². The minimum Gasteiger partial charge on any atom is -0.497 e. The molecule has 6 nitrogen and oxygen atoms in total. The van der Waals surface area contributed by atoms with Gasteiger partial charge in [-0.3, -0.25) is 0 Å². The summed E-state index contributed by atoms with van der Waals surface area (Å²) in [6.07, 6.45) is 1.71. The van der Waals surface area contributed by atoms with Crippen molar-refractivity contribution in [2.45, 2.75) is 0 Å². The molecule has 154 valence electrons. The van der Waals surface area contributed by atoms with Crippen molar-refractivity contribution in [3.63, 3.8) is 0 Å². The maximum atomic E-state index is 5.26. The van der Waals surface area contributed by atoms with E-state index in [9.17, 15) is 0 Å². The van der Waals surface area contributed by atoms with Crippen molar-refractivity contribution >= 4 is 12.2 Å². The Balaban J connectivity index is 1.64. The summed E-state index contributed by atoms with van der Waals surface area (Å²) >= 11 is 0. The average Bonchev–Trinajstić information content (AvgIpc) is 2.85. The van der Waals surface area contributed by atoms with Crippen molar-refractivity contribution in [3.05, 3.63) is 90.5 Å². The zero-order valence-corrected chi connectivity index (χ0v) is 17.3. The van der Waals surface area contributed by atoms with Crippen LogP contribution in [0.1, 0.15) is 5.56 Å². The Morgan fingerprint density at radius 2 is 1.26 bits per heavy atom. The summed E-state index contributed by atoms with van der Waals surface area (Å²) in [7, 11) is 3.29. The van der Waals surface area contributed by atoms with Crippen molar-refractivity contribution in [1.29, 1.82) is 0 Å². The molecule has 4 aromatic rings. The first-order valence-electron chi connectivity index (χ1n) is 9.77. The van der Waals surface area contributed by atoms with Crippen LogP contribution in [0.5, 0.6) is 11.5 Å². The highest BCUT2D eigenvalue weighted by molar-refractivity contribution is 5.80. The van der Waals surface area contributed by atoms with Gasteiger partial charge in [0.05, 0.1) is 31.8 Å². The summed E-state index contributed by atoms with van der Waals surface area (Å²) in [4.78, 5) is 9.29. The fourth-order valence-corrected chi connectivity index (χ4v) is 3.02. The third-order valence-electron chi connectivity index (χ3n) is 4.68. The van der Waals surface area contributed by atoms with Crippen LogP contribution >= 0.6 is 0 Å². The second kappa shape index (κ2) is 9.54. The summed E-state index contributed by atoms with van der Waals surface area (Å²) in [6, 6.07) is 27.3. The quantitative estimate of drug-likeness (QED) is 0.332. The first kappa shape index (κ1) is 20.1. The SMILES string of the molecule is COc1ccc(/C=N\Nc2nc(-c3ccccc3)cc(-c3ccc(OC)cc3)n2)cc1. The van der Waals surface area contributed by atoms with Gasteiger partial charge in [-0.05, 0) is 60.2 Å². The predicted molar refractivity (Wildman–Crippen MR) is 124 cm³/mol. The van der Waals surface area contributed by atoms with Gasteiger partial charge < -0.3 is 9.47 Å². The number of methoxy groups -OCH3 is 2. The minimum absolute atomic E-state index is 0.414. The largest absolute Gasteiger partial charge is 0.497 e. The molecule has 31 heavy (non-hydrogen) atoms. The number of hydrazone groups is 1. The number of hydrogen-bond donors (Lipinski definition) is 1. The monoisotopic (exact) mass is 410 g/mol. The lowest BCUT2D eigenvalue weighted by Crippen LogP contribution is -2.00. The fraction of sp³-hybridized carbons (Fsp3) is 0.0800. The third kappa shape index (κ3) is 5.05. The lowest BCUT2D eigenvalue weighted by molar-refractivity contribution is 0.414. The Hall–Kier alpha value is -4.19. The molecular formula is C25H22N4O2. The van der Waals surface area contributed by atoms with E-state index >= 15 is 0 Å². The zero-order chi connectivity index (χ0) is 21.5. The summed E-state index contributed by atoms with van der Waals surface area (Å²) in [6.45, 7) is 0. The van der Waals surface area contributed by atoms with E-state index in [0.717, 1.165) is 39.6 Å². The number of rotatable bonds is 7.